The Morgan fingerprint density at radius 2 is 2.33 bits per heavy atom. The second-order valence-corrected chi connectivity index (χ2v) is 5.69. The maximum Gasteiger partial charge on any atom is 0.134 e. The van der Waals surface area contributed by atoms with Crippen LogP contribution in [0.5, 0.6) is 0 Å². The Labute approximate surface area is 97.8 Å². The summed E-state index contributed by atoms with van der Waals surface area (Å²) in [6, 6.07) is 0. The van der Waals surface area contributed by atoms with E-state index in [1.54, 1.807) is 6.92 Å². The van der Waals surface area contributed by atoms with Crippen molar-refractivity contribution in [1.29, 1.82) is 0 Å². The van der Waals surface area contributed by atoms with Crippen LogP contribution >= 0.6 is 11.8 Å². The molecule has 1 heterocycles. The Kier molecular flexibility index (Phi) is 6.34. The van der Waals surface area contributed by atoms with E-state index < -0.39 is 0 Å². The third-order valence-electron chi connectivity index (χ3n) is 3.05. The number of nitrogens with zero attached hydrogens (tertiary/aromatic N) is 1. The van der Waals surface area contributed by atoms with Crippen molar-refractivity contribution in [1.82, 2.24) is 4.90 Å². The number of thioether (sulfide) groups is 1. The van der Waals surface area contributed by atoms with Gasteiger partial charge in [-0.3, -0.25) is 4.79 Å². The molecule has 0 aromatic carbocycles. The number of carbonyl (C=O) groups excluding carboxylic acids is 1. The lowest BCUT2D eigenvalue weighted by Gasteiger charge is -2.31. The lowest BCUT2D eigenvalue weighted by Crippen LogP contribution is -2.38. The molecule has 0 saturated carbocycles. The van der Waals surface area contributed by atoms with Crippen LogP contribution in [0, 0.1) is 5.92 Å². The number of ketones is 1. The molecule has 1 aliphatic rings. The molecule has 1 aliphatic heterocycles. The molecule has 1 rings (SSSR count). The Morgan fingerprint density at radius 1 is 1.53 bits per heavy atom. The third-order valence-corrected chi connectivity index (χ3v) is 4.03. The molecule has 3 heteroatoms. The summed E-state index contributed by atoms with van der Waals surface area (Å²) in [6.45, 7) is 7.32. The Hall–Kier alpha value is -0.0200. The molecular formula is C12H23NOS. The summed E-state index contributed by atoms with van der Waals surface area (Å²) in [5.74, 6) is 3.17. The van der Waals surface area contributed by atoms with Crippen molar-refractivity contribution in [3.05, 3.63) is 0 Å². The van der Waals surface area contributed by atoms with E-state index in [4.69, 9.17) is 0 Å². The molecule has 2 nitrogen and oxygen atoms in total. The average Bonchev–Trinajstić information content (AvgIpc) is 2.25. The first-order valence-corrected chi connectivity index (χ1v) is 7.20. The summed E-state index contributed by atoms with van der Waals surface area (Å²) in [4.78, 5) is 13.8. The topological polar surface area (TPSA) is 20.3 Å². The van der Waals surface area contributed by atoms with Crippen molar-refractivity contribution in [2.24, 2.45) is 5.92 Å². The molecule has 0 aromatic rings. The van der Waals surface area contributed by atoms with Crippen molar-refractivity contribution in [2.75, 3.05) is 31.1 Å². The predicted molar refractivity (Wildman–Crippen MR) is 67.5 cm³/mol. The molecule has 1 unspecified atom stereocenters. The zero-order chi connectivity index (χ0) is 11.1. The Balaban J connectivity index is 2.15. The number of hydrogen-bond acceptors (Lipinski definition) is 3. The summed E-state index contributed by atoms with van der Waals surface area (Å²) in [6.07, 6.45) is 3.57. The summed E-state index contributed by atoms with van der Waals surface area (Å²) in [5, 5.41) is 0. The first-order chi connectivity index (χ1) is 7.24. The van der Waals surface area contributed by atoms with Crippen LogP contribution in [0.15, 0.2) is 0 Å². The normalized spacial score (nSPS) is 22.9. The van der Waals surface area contributed by atoms with Gasteiger partial charge in [0.05, 0.1) is 0 Å². The van der Waals surface area contributed by atoms with E-state index in [-0.39, 0.29) is 0 Å². The van der Waals surface area contributed by atoms with Gasteiger partial charge in [-0.15, -0.1) is 0 Å². The monoisotopic (exact) mass is 229 g/mol. The smallest absolute Gasteiger partial charge is 0.134 e. The number of rotatable bonds is 6. The van der Waals surface area contributed by atoms with Gasteiger partial charge in [0.25, 0.3) is 0 Å². The highest BCUT2D eigenvalue weighted by Crippen LogP contribution is 2.17. The summed E-state index contributed by atoms with van der Waals surface area (Å²) in [7, 11) is 0. The number of likely N-dealkylation sites (tertiary alicyclic amines) is 1. The van der Waals surface area contributed by atoms with Gasteiger partial charge in [-0.2, -0.15) is 11.8 Å². The van der Waals surface area contributed by atoms with Crippen LogP contribution in [-0.4, -0.2) is 41.8 Å². The second kappa shape index (κ2) is 7.29. The molecule has 0 amide bonds. The fraction of sp³-hybridized carbons (Fsp3) is 0.917. The van der Waals surface area contributed by atoms with Crippen molar-refractivity contribution < 1.29 is 4.79 Å². The highest BCUT2D eigenvalue weighted by Gasteiger charge is 2.22. The van der Waals surface area contributed by atoms with Gasteiger partial charge in [-0.25, -0.2) is 0 Å². The van der Waals surface area contributed by atoms with Gasteiger partial charge in [0.15, 0.2) is 0 Å². The van der Waals surface area contributed by atoms with Crippen LogP contribution < -0.4 is 0 Å². The molecule has 15 heavy (non-hydrogen) atoms. The first kappa shape index (κ1) is 13.0. The van der Waals surface area contributed by atoms with E-state index in [0.717, 1.165) is 13.0 Å². The molecule has 0 radical (unpaired) electrons. The Bertz CT molecular complexity index is 196. The fourth-order valence-electron chi connectivity index (χ4n) is 2.13. The molecular weight excluding hydrogens is 206 g/mol. The molecule has 0 N–H and O–H groups in total. The first-order valence-electron chi connectivity index (χ1n) is 6.04. The SMILES string of the molecule is CCSCCCN1CCCC(C(C)=O)C1. The maximum absolute atomic E-state index is 11.3. The average molecular weight is 229 g/mol. The second-order valence-electron chi connectivity index (χ2n) is 4.30. The van der Waals surface area contributed by atoms with E-state index >= 15 is 0 Å². The molecule has 1 saturated heterocycles. The van der Waals surface area contributed by atoms with Gasteiger partial charge in [0.1, 0.15) is 5.78 Å². The van der Waals surface area contributed by atoms with E-state index in [0.29, 0.717) is 11.7 Å². The minimum Gasteiger partial charge on any atom is -0.303 e. The number of carbonyl (C=O) groups is 1. The van der Waals surface area contributed by atoms with E-state index in [1.807, 2.05) is 11.8 Å². The zero-order valence-electron chi connectivity index (χ0n) is 10.00. The molecule has 0 aliphatic carbocycles. The van der Waals surface area contributed by atoms with Gasteiger partial charge in [0, 0.05) is 12.5 Å². The quantitative estimate of drug-likeness (QED) is 0.653. The van der Waals surface area contributed by atoms with Gasteiger partial charge in [-0.1, -0.05) is 6.92 Å². The maximum atomic E-state index is 11.3. The van der Waals surface area contributed by atoms with Crippen molar-refractivity contribution in [3.8, 4) is 0 Å². The van der Waals surface area contributed by atoms with Crippen LogP contribution in [0.4, 0.5) is 0 Å². The van der Waals surface area contributed by atoms with Crippen LogP contribution in [0.2, 0.25) is 0 Å². The van der Waals surface area contributed by atoms with Crippen molar-refractivity contribution in [2.45, 2.75) is 33.1 Å². The minimum atomic E-state index is 0.317. The molecule has 88 valence electrons. The predicted octanol–water partition coefficient (Wildman–Crippen LogP) is 2.43. The number of hydrogen-bond donors (Lipinski definition) is 0. The van der Waals surface area contributed by atoms with Crippen LogP contribution in [0.1, 0.15) is 33.1 Å². The van der Waals surface area contributed by atoms with E-state index in [9.17, 15) is 4.79 Å². The molecule has 1 fully saturated rings. The van der Waals surface area contributed by atoms with Gasteiger partial charge >= 0.3 is 0 Å². The number of piperidine rings is 1. The lowest BCUT2D eigenvalue weighted by atomic mass is 9.94. The van der Waals surface area contributed by atoms with Crippen molar-refractivity contribution >= 4 is 17.5 Å². The van der Waals surface area contributed by atoms with Crippen molar-refractivity contribution in [3.63, 3.8) is 0 Å². The lowest BCUT2D eigenvalue weighted by molar-refractivity contribution is -0.122. The fourth-order valence-corrected chi connectivity index (χ4v) is 2.75. The number of Topliss-reactive ketones (excluding diaryl/α,β-unsaturated/α-hetero) is 1. The summed E-state index contributed by atoms with van der Waals surface area (Å²) >= 11 is 2.01. The van der Waals surface area contributed by atoms with E-state index in [1.165, 1.54) is 37.4 Å². The largest absolute Gasteiger partial charge is 0.303 e. The molecule has 0 aromatic heterocycles. The van der Waals surface area contributed by atoms with E-state index in [2.05, 4.69) is 11.8 Å². The van der Waals surface area contributed by atoms with Gasteiger partial charge < -0.3 is 4.90 Å². The molecule has 1 atom stereocenters. The van der Waals surface area contributed by atoms with Crippen LogP contribution in [0.25, 0.3) is 0 Å². The van der Waals surface area contributed by atoms with Gasteiger partial charge in [0.2, 0.25) is 0 Å². The van der Waals surface area contributed by atoms with Crippen LogP contribution in [0.3, 0.4) is 0 Å². The minimum absolute atomic E-state index is 0.317. The third kappa shape index (κ3) is 5.03. The molecule has 0 spiro atoms. The summed E-state index contributed by atoms with van der Waals surface area (Å²) in [5.41, 5.74) is 0. The standard InChI is InChI=1S/C12H23NOS/c1-3-15-9-5-8-13-7-4-6-12(10-13)11(2)14/h12H,3-10H2,1-2H3. The highest BCUT2D eigenvalue weighted by molar-refractivity contribution is 7.99. The summed E-state index contributed by atoms with van der Waals surface area (Å²) < 4.78 is 0. The van der Waals surface area contributed by atoms with Gasteiger partial charge in [-0.05, 0) is 50.8 Å². The Morgan fingerprint density at radius 3 is 3.00 bits per heavy atom. The molecule has 0 bridgehead atoms. The zero-order valence-corrected chi connectivity index (χ0v) is 10.8. The highest BCUT2D eigenvalue weighted by atomic mass is 32.2. The van der Waals surface area contributed by atoms with Crippen LogP contribution in [-0.2, 0) is 4.79 Å².